The maximum atomic E-state index is 12.1. The zero-order valence-electron chi connectivity index (χ0n) is 11.5. The highest BCUT2D eigenvalue weighted by molar-refractivity contribution is 7.18. The average molecular weight is 307 g/mol. The van der Waals surface area contributed by atoms with Crippen LogP contribution in [0.5, 0.6) is 0 Å². The monoisotopic (exact) mass is 307 g/mol. The zero-order valence-corrected chi connectivity index (χ0v) is 12.3. The first kappa shape index (κ1) is 13.8. The van der Waals surface area contributed by atoms with Gasteiger partial charge in [-0.1, -0.05) is 16.6 Å². The predicted molar refractivity (Wildman–Crippen MR) is 80.1 cm³/mol. The molecular weight excluding hydrogens is 290 g/mol. The van der Waals surface area contributed by atoms with Gasteiger partial charge in [-0.3, -0.25) is 9.48 Å². The fourth-order valence-corrected chi connectivity index (χ4v) is 2.88. The highest BCUT2D eigenvalue weighted by Crippen LogP contribution is 2.29. The Bertz CT molecular complexity index is 605. The van der Waals surface area contributed by atoms with Crippen molar-refractivity contribution in [3.05, 3.63) is 17.3 Å². The van der Waals surface area contributed by atoms with Gasteiger partial charge < -0.3 is 16.4 Å². The molecule has 0 aliphatic heterocycles. The van der Waals surface area contributed by atoms with E-state index in [1.54, 1.807) is 17.1 Å². The first-order valence-electron chi connectivity index (χ1n) is 6.87. The molecule has 2 aromatic heterocycles. The van der Waals surface area contributed by atoms with Crippen LogP contribution in [-0.2, 0) is 6.54 Å². The van der Waals surface area contributed by atoms with Crippen molar-refractivity contribution in [3.8, 4) is 0 Å². The second kappa shape index (κ2) is 6.08. The first-order chi connectivity index (χ1) is 10.2. The summed E-state index contributed by atoms with van der Waals surface area (Å²) in [5.41, 5.74) is 5.81. The number of nitrogen functional groups attached to an aromatic ring is 1. The molecule has 9 heteroatoms. The SMILES string of the molecule is Nc1nc(NC2CCC2)sc1C(=O)NCCn1ccnn1. The van der Waals surface area contributed by atoms with Gasteiger partial charge in [0.15, 0.2) is 5.13 Å². The molecule has 1 saturated carbocycles. The van der Waals surface area contributed by atoms with Crippen LogP contribution in [0.1, 0.15) is 28.9 Å². The van der Waals surface area contributed by atoms with Crippen molar-refractivity contribution in [2.24, 2.45) is 0 Å². The summed E-state index contributed by atoms with van der Waals surface area (Å²) in [6.45, 7) is 1.03. The van der Waals surface area contributed by atoms with Crippen LogP contribution in [0.25, 0.3) is 0 Å². The predicted octanol–water partition coefficient (Wildman–Crippen LogP) is 0.711. The summed E-state index contributed by atoms with van der Waals surface area (Å²) in [6, 6.07) is 0.471. The number of nitrogens with one attached hydrogen (secondary N) is 2. The van der Waals surface area contributed by atoms with E-state index < -0.39 is 0 Å². The standard InChI is InChI=1S/C12H17N7OS/c13-10-9(21-12(17-10)16-8-2-1-3-8)11(20)14-4-6-19-7-5-15-18-19/h5,7-8H,1-4,6,13H2,(H,14,20)(H,16,17). The molecule has 4 N–H and O–H groups in total. The van der Waals surface area contributed by atoms with Gasteiger partial charge in [0.05, 0.1) is 12.7 Å². The van der Waals surface area contributed by atoms with Gasteiger partial charge in [-0.15, -0.1) is 5.10 Å². The lowest BCUT2D eigenvalue weighted by Gasteiger charge is -2.25. The van der Waals surface area contributed by atoms with Crippen LogP contribution in [-0.4, -0.2) is 38.5 Å². The van der Waals surface area contributed by atoms with Crippen molar-refractivity contribution in [2.75, 3.05) is 17.6 Å². The Morgan fingerprint density at radius 3 is 3.05 bits per heavy atom. The highest BCUT2D eigenvalue weighted by atomic mass is 32.1. The molecule has 2 heterocycles. The lowest BCUT2D eigenvalue weighted by Crippen LogP contribution is -2.27. The molecule has 1 fully saturated rings. The van der Waals surface area contributed by atoms with Crippen molar-refractivity contribution < 1.29 is 4.79 Å². The van der Waals surface area contributed by atoms with Gasteiger partial charge in [-0.05, 0) is 19.3 Å². The quantitative estimate of drug-likeness (QED) is 0.725. The summed E-state index contributed by atoms with van der Waals surface area (Å²) in [6.07, 6.45) is 6.89. The van der Waals surface area contributed by atoms with E-state index in [0.29, 0.717) is 24.0 Å². The molecule has 0 aromatic carbocycles. The molecule has 0 spiro atoms. The van der Waals surface area contributed by atoms with Crippen LogP contribution >= 0.6 is 11.3 Å². The largest absolute Gasteiger partial charge is 0.382 e. The Morgan fingerprint density at radius 2 is 2.38 bits per heavy atom. The van der Waals surface area contributed by atoms with E-state index in [4.69, 9.17) is 5.73 Å². The van der Waals surface area contributed by atoms with Crippen LogP contribution in [0.3, 0.4) is 0 Å². The Balaban J connectivity index is 1.53. The number of carbonyl (C=O) groups is 1. The zero-order chi connectivity index (χ0) is 14.7. The normalized spacial score (nSPS) is 14.7. The van der Waals surface area contributed by atoms with E-state index >= 15 is 0 Å². The number of carbonyl (C=O) groups excluding carboxylic acids is 1. The van der Waals surface area contributed by atoms with Crippen LogP contribution in [0.15, 0.2) is 12.4 Å². The Morgan fingerprint density at radius 1 is 1.52 bits per heavy atom. The van der Waals surface area contributed by atoms with Gasteiger partial charge in [-0.25, -0.2) is 4.98 Å². The van der Waals surface area contributed by atoms with E-state index in [2.05, 4.69) is 25.9 Å². The highest BCUT2D eigenvalue weighted by Gasteiger charge is 2.21. The van der Waals surface area contributed by atoms with Gasteiger partial charge >= 0.3 is 0 Å². The molecular formula is C12H17N7OS. The number of hydrogen-bond donors (Lipinski definition) is 3. The minimum absolute atomic E-state index is 0.202. The summed E-state index contributed by atoms with van der Waals surface area (Å²) in [5.74, 6) is 0.0758. The number of nitrogens with two attached hydrogens (primary N) is 1. The number of hydrogen-bond acceptors (Lipinski definition) is 7. The maximum absolute atomic E-state index is 12.1. The van der Waals surface area contributed by atoms with Crippen molar-refractivity contribution in [3.63, 3.8) is 0 Å². The molecule has 2 aromatic rings. The second-order valence-corrected chi connectivity index (χ2v) is 5.93. The maximum Gasteiger partial charge on any atom is 0.265 e. The molecule has 112 valence electrons. The van der Waals surface area contributed by atoms with Crippen LogP contribution in [0.2, 0.25) is 0 Å². The third-order valence-electron chi connectivity index (χ3n) is 3.39. The minimum atomic E-state index is -0.202. The van der Waals surface area contributed by atoms with Gasteiger partial charge in [0.1, 0.15) is 10.7 Å². The Kier molecular flexibility index (Phi) is 4.00. The number of nitrogens with zero attached hydrogens (tertiary/aromatic N) is 4. The van der Waals surface area contributed by atoms with Gasteiger partial charge in [0.25, 0.3) is 5.91 Å². The number of aromatic nitrogens is 4. The van der Waals surface area contributed by atoms with Gasteiger partial charge in [-0.2, -0.15) is 0 Å². The van der Waals surface area contributed by atoms with Crippen molar-refractivity contribution >= 4 is 28.2 Å². The van der Waals surface area contributed by atoms with Gasteiger partial charge in [0.2, 0.25) is 0 Å². The second-order valence-electron chi connectivity index (χ2n) is 4.93. The number of anilines is 2. The van der Waals surface area contributed by atoms with Crippen LogP contribution < -0.4 is 16.4 Å². The smallest absolute Gasteiger partial charge is 0.265 e. The summed E-state index contributed by atoms with van der Waals surface area (Å²) in [5, 5.41) is 14.4. The summed E-state index contributed by atoms with van der Waals surface area (Å²) in [7, 11) is 0. The molecule has 0 saturated heterocycles. The Hall–Kier alpha value is -2.16. The van der Waals surface area contributed by atoms with E-state index in [1.165, 1.54) is 17.8 Å². The van der Waals surface area contributed by atoms with E-state index in [1.807, 2.05) is 0 Å². The van der Waals surface area contributed by atoms with E-state index in [9.17, 15) is 4.79 Å². The van der Waals surface area contributed by atoms with Crippen molar-refractivity contribution in [1.29, 1.82) is 0 Å². The summed E-state index contributed by atoms with van der Waals surface area (Å²) in [4.78, 5) is 16.7. The van der Waals surface area contributed by atoms with Crippen molar-refractivity contribution in [1.82, 2.24) is 25.3 Å². The molecule has 21 heavy (non-hydrogen) atoms. The number of amides is 1. The lowest BCUT2D eigenvalue weighted by molar-refractivity contribution is 0.0956. The first-order valence-corrected chi connectivity index (χ1v) is 7.69. The molecule has 0 atom stereocenters. The molecule has 3 rings (SSSR count). The number of rotatable bonds is 6. The molecule has 1 aliphatic carbocycles. The van der Waals surface area contributed by atoms with Crippen LogP contribution in [0.4, 0.5) is 10.9 Å². The average Bonchev–Trinajstić information content (AvgIpc) is 3.03. The van der Waals surface area contributed by atoms with E-state index in [-0.39, 0.29) is 11.7 Å². The topological polar surface area (TPSA) is 111 Å². The fourth-order valence-electron chi connectivity index (χ4n) is 2.00. The molecule has 0 radical (unpaired) electrons. The third-order valence-corrected chi connectivity index (χ3v) is 4.39. The van der Waals surface area contributed by atoms with Crippen molar-refractivity contribution in [2.45, 2.75) is 31.8 Å². The third kappa shape index (κ3) is 3.30. The molecule has 1 aliphatic rings. The van der Waals surface area contributed by atoms with Crippen LogP contribution in [0, 0.1) is 0 Å². The minimum Gasteiger partial charge on any atom is -0.382 e. The molecule has 1 amide bonds. The Labute approximate surface area is 125 Å². The number of thiazole rings is 1. The molecule has 0 bridgehead atoms. The molecule has 8 nitrogen and oxygen atoms in total. The summed E-state index contributed by atoms with van der Waals surface area (Å²) < 4.78 is 1.65. The lowest BCUT2D eigenvalue weighted by atomic mass is 9.93. The molecule has 0 unspecified atom stereocenters. The van der Waals surface area contributed by atoms with E-state index in [0.717, 1.165) is 18.0 Å². The van der Waals surface area contributed by atoms with Gasteiger partial charge in [0, 0.05) is 18.8 Å². The summed E-state index contributed by atoms with van der Waals surface area (Å²) >= 11 is 1.30. The fraction of sp³-hybridized carbons (Fsp3) is 0.500.